The molecule has 2 saturated heterocycles. The average Bonchev–Trinajstić information content (AvgIpc) is 3.30. The SMILES string of the molecule is COc1ccc(N2C(=NC(=O)Cc3cccs3)S[C@H]3CS(=O)(=O)C[C@@H]32)cc1. The van der Waals surface area contributed by atoms with E-state index in [1.165, 1.54) is 23.1 Å². The molecule has 3 heterocycles. The molecule has 2 fully saturated rings. The highest BCUT2D eigenvalue weighted by atomic mass is 32.2. The van der Waals surface area contributed by atoms with E-state index in [9.17, 15) is 13.2 Å². The standard InChI is InChI=1S/C18H18N2O4S3/c1-24-13-6-4-12(5-7-13)20-15-10-27(22,23)11-16(15)26-18(20)19-17(21)9-14-3-2-8-25-14/h2-8,15-16H,9-11H2,1H3/t15-,16-/m0/s1. The minimum Gasteiger partial charge on any atom is -0.497 e. The van der Waals surface area contributed by atoms with Crippen LogP contribution >= 0.6 is 23.1 Å². The van der Waals surface area contributed by atoms with Crippen molar-refractivity contribution in [2.45, 2.75) is 17.7 Å². The molecule has 2 atom stereocenters. The first-order valence-corrected chi connectivity index (χ1v) is 12.0. The Bertz CT molecular complexity index is 969. The van der Waals surface area contributed by atoms with Crippen molar-refractivity contribution in [3.05, 3.63) is 46.7 Å². The van der Waals surface area contributed by atoms with Gasteiger partial charge in [-0.2, -0.15) is 4.99 Å². The van der Waals surface area contributed by atoms with Gasteiger partial charge in [-0.1, -0.05) is 17.8 Å². The molecule has 2 aliphatic heterocycles. The van der Waals surface area contributed by atoms with Crippen molar-refractivity contribution in [3.63, 3.8) is 0 Å². The summed E-state index contributed by atoms with van der Waals surface area (Å²) in [4.78, 5) is 19.6. The summed E-state index contributed by atoms with van der Waals surface area (Å²) in [5.74, 6) is 0.692. The van der Waals surface area contributed by atoms with Crippen LogP contribution in [0.4, 0.5) is 5.69 Å². The molecule has 9 heteroatoms. The third-order valence-electron chi connectivity index (χ3n) is 4.54. The number of thioether (sulfide) groups is 1. The van der Waals surface area contributed by atoms with Gasteiger partial charge >= 0.3 is 0 Å². The zero-order valence-corrected chi connectivity index (χ0v) is 17.0. The molecule has 2 aliphatic rings. The summed E-state index contributed by atoms with van der Waals surface area (Å²) in [7, 11) is -1.48. The van der Waals surface area contributed by atoms with E-state index in [-0.39, 0.29) is 35.1 Å². The number of hydrogen-bond donors (Lipinski definition) is 0. The number of amidine groups is 1. The van der Waals surface area contributed by atoms with Crippen molar-refractivity contribution in [3.8, 4) is 5.75 Å². The maximum Gasteiger partial charge on any atom is 0.253 e. The van der Waals surface area contributed by atoms with Crippen molar-refractivity contribution < 1.29 is 17.9 Å². The van der Waals surface area contributed by atoms with Crippen LogP contribution in [0.1, 0.15) is 4.88 Å². The van der Waals surface area contributed by atoms with E-state index in [2.05, 4.69) is 4.99 Å². The molecule has 142 valence electrons. The number of hydrogen-bond acceptors (Lipinski definition) is 6. The highest BCUT2D eigenvalue weighted by Gasteiger charge is 2.49. The van der Waals surface area contributed by atoms with Crippen LogP contribution in [0.25, 0.3) is 0 Å². The van der Waals surface area contributed by atoms with Gasteiger partial charge in [0.1, 0.15) is 5.75 Å². The Kier molecular flexibility index (Phi) is 5.00. The van der Waals surface area contributed by atoms with Gasteiger partial charge < -0.3 is 9.64 Å². The van der Waals surface area contributed by atoms with Gasteiger partial charge in [-0.05, 0) is 35.7 Å². The number of aliphatic imine (C=N–C) groups is 1. The third-order valence-corrected chi connectivity index (χ3v) is 8.63. The number of benzene rings is 1. The predicted molar refractivity (Wildman–Crippen MR) is 110 cm³/mol. The molecule has 0 N–H and O–H groups in total. The van der Waals surface area contributed by atoms with Crippen molar-refractivity contribution in [1.29, 1.82) is 0 Å². The van der Waals surface area contributed by atoms with Crippen LogP contribution in [0.2, 0.25) is 0 Å². The summed E-state index contributed by atoms with van der Waals surface area (Å²) in [5, 5.41) is 2.40. The minimum atomic E-state index is -3.08. The van der Waals surface area contributed by atoms with Gasteiger partial charge in [0.2, 0.25) is 0 Å². The Labute approximate surface area is 166 Å². The molecule has 0 saturated carbocycles. The molecule has 0 spiro atoms. The summed E-state index contributed by atoms with van der Waals surface area (Å²) in [5.41, 5.74) is 0.815. The number of sulfone groups is 1. The number of fused-ring (bicyclic) bond motifs is 1. The molecule has 4 rings (SSSR count). The molecule has 6 nitrogen and oxygen atoms in total. The highest BCUT2D eigenvalue weighted by Crippen LogP contribution is 2.41. The molecule has 0 bridgehead atoms. The van der Waals surface area contributed by atoms with Crippen LogP contribution in [-0.2, 0) is 21.1 Å². The van der Waals surface area contributed by atoms with Gasteiger partial charge in [-0.3, -0.25) is 4.79 Å². The minimum absolute atomic E-state index is 0.0782. The van der Waals surface area contributed by atoms with E-state index in [1.807, 2.05) is 46.7 Å². The van der Waals surface area contributed by atoms with E-state index < -0.39 is 9.84 Å². The maximum atomic E-state index is 12.4. The number of thiophene rings is 1. The van der Waals surface area contributed by atoms with Gasteiger partial charge in [0.05, 0.1) is 31.1 Å². The Hall–Kier alpha value is -1.84. The van der Waals surface area contributed by atoms with E-state index in [0.717, 1.165) is 10.6 Å². The normalized spacial score (nSPS) is 24.9. The van der Waals surface area contributed by atoms with Crippen LogP contribution in [0.15, 0.2) is 46.8 Å². The number of ether oxygens (including phenoxy) is 1. The topological polar surface area (TPSA) is 76.0 Å². The van der Waals surface area contributed by atoms with Crippen LogP contribution in [0, 0.1) is 0 Å². The fraction of sp³-hybridized carbons (Fsp3) is 0.333. The smallest absolute Gasteiger partial charge is 0.253 e. The number of carbonyl (C=O) groups is 1. The fourth-order valence-corrected chi connectivity index (χ4v) is 7.94. The van der Waals surface area contributed by atoms with Crippen LogP contribution in [0.3, 0.4) is 0 Å². The summed E-state index contributed by atoms with van der Waals surface area (Å²) in [6.45, 7) is 0. The van der Waals surface area contributed by atoms with Crippen molar-refractivity contribution in [1.82, 2.24) is 0 Å². The second kappa shape index (κ2) is 7.29. The van der Waals surface area contributed by atoms with E-state index in [0.29, 0.717) is 10.9 Å². The van der Waals surface area contributed by atoms with Gasteiger partial charge in [0.15, 0.2) is 15.0 Å². The Morgan fingerprint density at radius 2 is 2.04 bits per heavy atom. The molecular weight excluding hydrogens is 404 g/mol. The largest absolute Gasteiger partial charge is 0.497 e. The van der Waals surface area contributed by atoms with Crippen molar-refractivity contribution in [2.75, 3.05) is 23.5 Å². The molecule has 27 heavy (non-hydrogen) atoms. The summed E-state index contributed by atoms with van der Waals surface area (Å²) in [6.07, 6.45) is 0.256. The van der Waals surface area contributed by atoms with Gasteiger partial charge in [-0.25, -0.2) is 8.42 Å². The third kappa shape index (κ3) is 3.90. The van der Waals surface area contributed by atoms with Gasteiger partial charge in [0.25, 0.3) is 5.91 Å². The molecule has 1 aromatic heterocycles. The van der Waals surface area contributed by atoms with Crippen molar-refractivity contribution in [2.24, 2.45) is 4.99 Å². The Morgan fingerprint density at radius 1 is 1.26 bits per heavy atom. The molecule has 0 radical (unpaired) electrons. The van der Waals surface area contributed by atoms with E-state index >= 15 is 0 Å². The summed E-state index contributed by atoms with van der Waals surface area (Å²) < 4.78 is 29.4. The number of carbonyl (C=O) groups excluding carboxylic acids is 1. The maximum absolute atomic E-state index is 12.4. The second-order valence-electron chi connectivity index (χ2n) is 6.41. The quantitative estimate of drug-likeness (QED) is 0.754. The molecule has 0 aliphatic carbocycles. The lowest BCUT2D eigenvalue weighted by Gasteiger charge is -2.24. The number of methoxy groups -OCH3 is 1. The van der Waals surface area contributed by atoms with Crippen LogP contribution < -0.4 is 9.64 Å². The zero-order chi connectivity index (χ0) is 19.0. The monoisotopic (exact) mass is 422 g/mol. The molecule has 2 aromatic rings. The predicted octanol–water partition coefficient (Wildman–Crippen LogP) is 2.60. The molecule has 1 aromatic carbocycles. The first kappa shape index (κ1) is 18.5. The van der Waals surface area contributed by atoms with E-state index in [1.54, 1.807) is 7.11 Å². The van der Waals surface area contributed by atoms with Crippen LogP contribution in [-0.4, -0.2) is 49.4 Å². The zero-order valence-electron chi connectivity index (χ0n) is 14.6. The lowest BCUT2D eigenvalue weighted by Crippen LogP contribution is -2.37. The highest BCUT2D eigenvalue weighted by molar-refractivity contribution is 8.16. The van der Waals surface area contributed by atoms with Crippen LogP contribution in [0.5, 0.6) is 5.75 Å². The second-order valence-corrected chi connectivity index (χ2v) is 10.8. The molecular formula is C18H18N2O4S3. The summed E-state index contributed by atoms with van der Waals surface area (Å²) >= 11 is 2.91. The van der Waals surface area contributed by atoms with Gasteiger partial charge in [-0.15, -0.1) is 11.3 Å². The Balaban J connectivity index is 1.65. The number of rotatable bonds is 4. The number of nitrogens with zero attached hydrogens (tertiary/aromatic N) is 2. The number of anilines is 1. The number of amides is 1. The average molecular weight is 423 g/mol. The lowest BCUT2D eigenvalue weighted by molar-refractivity contribution is -0.117. The fourth-order valence-electron chi connectivity index (χ4n) is 3.32. The summed E-state index contributed by atoms with van der Waals surface area (Å²) in [6, 6.07) is 11.0. The lowest BCUT2D eigenvalue weighted by atomic mass is 10.2. The molecule has 0 unspecified atom stereocenters. The first-order chi connectivity index (χ1) is 12.9. The Morgan fingerprint density at radius 3 is 2.70 bits per heavy atom. The van der Waals surface area contributed by atoms with E-state index in [4.69, 9.17) is 4.74 Å². The first-order valence-electron chi connectivity index (χ1n) is 8.39. The molecule has 1 amide bonds. The van der Waals surface area contributed by atoms with Crippen molar-refractivity contribution >= 4 is 49.7 Å². The van der Waals surface area contributed by atoms with Gasteiger partial charge in [0, 0.05) is 15.8 Å².